The summed E-state index contributed by atoms with van der Waals surface area (Å²) in [5.41, 5.74) is 1.56. The van der Waals surface area contributed by atoms with Crippen molar-refractivity contribution in [3.05, 3.63) is 41.6 Å². The molecule has 4 rings (SSSR count). The molecule has 8 nitrogen and oxygen atoms in total. The molecule has 3 heterocycles. The van der Waals surface area contributed by atoms with Crippen LogP contribution in [0.1, 0.15) is 18.4 Å². The maximum Gasteiger partial charge on any atom is 0.265 e. The van der Waals surface area contributed by atoms with Crippen LogP contribution in [0.2, 0.25) is 0 Å². The molecule has 2 aromatic rings. The molecule has 1 aromatic heterocycles. The third-order valence-corrected chi connectivity index (χ3v) is 6.18. The van der Waals surface area contributed by atoms with Gasteiger partial charge in [0.05, 0.1) is 6.10 Å². The molecular weight excluding hydrogens is 416 g/mol. The van der Waals surface area contributed by atoms with E-state index in [1.54, 1.807) is 26.4 Å². The molecule has 1 N–H and O–H groups in total. The van der Waals surface area contributed by atoms with Crippen LogP contribution in [0.15, 0.2) is 36.0 Å². The summed E-state index contributed by atoms with van der Waals surface area (Å²) in [7, 11) is 3.09. The Kier molecular flexibility index (Phi) is 5.88. The Morgan fingerprint density at radius 2 is 1.94 bits per heavy atom. The van der Waals surface area contributed by atoms with Crippen LogP contribution in [0.4, 0.5) is 0 Å². The summed E-state index contributed by atoms with van der Waals surface area (Å²) in [5, 5.41) is 3.94. The highest BCUT2D eigenvalue weighted by Gasteiger charge is 2.35. The van der Waals surface area contributed by atoms with Gasteiger partial charge in [0.1, 0.15) is 12.1 Å². The summed E-state index contributed by atoms with van der Waals surface area (Å²) >= 11 is 5.14. The monoisotopic (exact) mass is 440 g/mol. The molecule has 0 bridgehead atoms. The lowest BCUT2D eigenvalue weighted by molar-refractivity contribution is -0.132. The van der Waals surface area contributed by atoms with Gasteiger partial charge in [0, 0.05) is 49.9 Å². The van der Waals surface area contributed by atoms with Crippen molar-refractivity contribution in [1.29, 1.82) is 0 Å². The number of hydrogen-bond donors (Lipinski definition) is 1. The van der Waals surface area contributed by atoms with Gasteiger partial charge >= 0.3 is 0 Å². The number of aromatic nitrogens is 1. The average Bonchev–Trinajstić information content (AvgIpc) is 3.41. The Balaban J connectivity index is 1.61. The maximum atomic E-state index is 12.7. The number of carbonyl (C=O) groups is 3. The molecular formula is C22H24N4O4S. The second kappa shape index (κ2) is 8.60. The van der Waals surface area contributed by atoms with Gasteiger partial charge in [-0.2, -0.15) is 0 Å². The summed E-state index contributed by atoms with van der Waals surface area (Å²) in [4.78, 5) is 40.4. The molecule has 1 aromatic carbocycles. The zero-order valence-corrected chi connectivity index (χ0v) is 18.3. The van der Waals surface area contributed by atoms with Gasteiger partial charge in [-0.15, -0.1) is 0 Å². The van der Waals surface area contributed by atoms with E-state index in [2.05, 4.69) is 5.32 Å². The van der Waals surface area contributed by atoms with Gasteiger partial charge < -0.3 is 14.6 Å². The molecule has 31 heavy (non-hydrogen) atoms. The van der Waals surface area contributed by atoms with E-state index in [1.807, 2.05) is 28.8 Å². The third kappa shape index (κ3) is 4.11. The highest BCUT2D eigenvalue weighted by atomic mass is 32.1. The normalized spacial score (nSPS) is 19.5. The lowest BCUT2D eigenvalue weighted by Gasteiger charge is -2.31. The fraction of sp³-hybridized carbons (Fsp3) is 0.364. The number of fused-ring (bicyclic) bond motifs is 1. The number of nitrogens with one attached hydrogen (secondary N) is 1. The van der Waals surface area contributed by atoms with Crippen LogP contribution >= 0.6 is 12.2 Å². The average molecular weight is 441 g/mol. The molecule has 3 amide bonds. The third-order valence-electron chi connectivity index (χ3n) is 5.63. The van der Waals surface area contributed by atoms with Crippen LogP contribution in [0, 0.1) is 0 Å². The Morgan fingerprint density at radius 1 is 1.23 bits per heavy atom. The van der Waals surface area contributed by atoms with E-state index in [-0.39, 0.29) is 29.2 Å². The molecule has 2 aliphatic rings. The van der Waals surface area contributed by atoms with Gasteiger partial charge in [-0.05, 0) is 37.2 Å². The van der Waals surface area contributed by atoms with Gasteiger partial charge in [-0.25, -0.2) is 0 Å². The first-order chi connectivity index (χ1) is 14.9. The molecule has 162 valence electrons. The molecule has 1 atom stereocenters. The first kappa shape index (κ1) is 21.2. The number of nitrogens with zero attached hydrogens (tertiary/aromatic N) is 3. The number of carbonyl (C=O) groups excluding carboxylic acids is 3. The van der Waals surface area contributed by atoms with Crippen molar-refractivity contribution in [3.63, 3.8) is 0 Å². The van der Waals surface area contributed by atoms with Gasteiger partial charge in [0.25, 0.3) is 11.8 Å². The van der Waals surface area contributed by atoms with Crippen LogP contribution in [0.25, 0.3) is 17.0 Å². The van der Waals surface area contributed by atoms with Crippen molar-refractivity contribution in [2.24, 2.45) is 0 Å². The molecule has 0 saturated carbocycles. The maximum absolute atomic E-state index is 12.7. The Bertz CT molecular complexity index is 1070. The van der Waals surface area contributed by atoms with Gasteiger partial charge in [0.2, 0.25) is 5.91 Å². The molecule has 2 saturated heterocycles. The van der Waals surface area contributed by atoms with E-state index in [0.717, 1.165) is 30.4 Å². The fourth-order valence-corrected chi connectivity index (χ4v) is 4.06. The van der Waals surface area contributed by atoms with E-state index >= 15 is 0 Å². The van der Waals surface area contributed by atoms with Crippen LogP contribution in [-0.2, 0) is 25.7 Å². The first-order valence-corrected chi connectivity index (χ1v) is 10.6. The fourth-order valence-electron chi connectivity index (χ4n) is 3.90. The highest BCUT2D eigenvalue weighted by Crippen LogP contribution is 2.26. The second-order valence-corrected chi connectivity index (χ2v) is 8.10. The summed E-state index contributed by atoms with van der Waals surface area (Å²) < 4.78 is 7.37. The Hall–Kier alpha value is -3.04. The van der Waals surface area contributed by atoms with Crippen LogP contribution in [0.3, 0.4) is 0 Å². The lowest BCUT2D eigenvalue weighted by atomic mass is 10.1. The molecule has 0 unspecified atom stereocenters. The highest BCUT2D eigenvalue weighted by molar-refractivity contribution is 7.80. The van der Waals surface area contributed by atoms with Crippen LogP contribution in [0.5, 0.6) is 0 Å². The number of ether oxygens (including phenoxy) is 1. The predicted molar refractivity (Wildman–Crippen MR) is 120 cm³/mol. The minimum Gasteiger partial charge on any atom is -0.376 e. The van der Waals surface area contributed by atoms with Crippen LogP contribution in [-0.4, -0.2) is 70.6 Å². The zero-order valence-electron chi connectivity index (χ0n) is 17.5. The summed E-state index contributed by atoms with van der Waals surface area (Å²) in [6.45, 7) is 1.37. The Morgan fingerprint density at radius 3 is 2.61 bits per heavy atom. The molecule has 0 spiro atoms. The second-order valence-electron chi connectivity index (χ2n) is 7.74. The quantitative estimate of drug-likeness (QED) is 0.433. The van der Waals surface area contributed by atoms with Gasteiger partial charge in [-0.3, -0.25) is 24.2 Å². The van der Waals surface area contributed by atoms with E-state index in [1.165, 1.54) is 9.80 Å². The largest absolute Gasteiger partial charge is 0.376 e. The minimum atomic E-state index is -0.445. The molecule has 0 aliphatic carbocycles. The van der Waals surface area contributed by atoms with Crippen molar-refractivity contribution < 1.29 is 19.1 Å². The smallest absolute Gasteiger partial charge is 0.265 e. The number of hydrogen-bond acceptors (Lipinski definition) is 5. The molecule has 0 radical (unpaired) electrons. The number of para-hydroxylation sites is 1. The molecule has 2 aliphatic heterocycles. The van der Waals surface area contributed by atoms with E-state index in [0.29, 0.717) is 12.1 Å². The molecule has 9 heteroatoms. The summed E-state index contributed by atoms with van der Waals surface area (Å²) in [6, 6.07) is 7.57. The van der Waals surface area contributed by atoms with Crippen molar-refractivity contribution in [2.75, 3.05) is 27.2 Å². The number of amides is 3. The van der Waals surface area contributed by atoms with Crippen molar-refractivity contribution in [1.82, 2.24) is 19.7 Å². The van der Waals surface area contributed by atoms with E-state index in [9.17, 15) is 14.4 Å². The van der Waals surface area contributed by atoms with E-state index < -0.39 is 11.8 Å². The number of likely N-dealkylation sites (N-methyl/N-ethyl adjacent to an activating group) is 2. The standard InChI is InChI=1S/C22H24N4O4S/c1-24-20(28)17(21(29)25(2)22(24)31)10-14-12-26(18-8-4-3-7-16(14)18)13-19(27)23-11-15-6-5-9-30-15/h3-4,7-8,10,12,15H,5-6,9,11,13H2,1-2H3,(H,23,27)/t15-/m0/s1. The van der Waals surface area contributed by atoms with E-state index in [4.69, 9.17) is 17.0 Å². The SMILES string of the molecule is CN1C(=O)C(=Cc2cn(CC(=O)NC[C@@H]3CCCO3)c3ccccc23)C(=O)N(C)C1=S. The zero-order chi connectivity index (χ0) is 22.1. The lowest BCUT2D eigenvalue weighted by Crippen LogP contribution is -2.52. The number of rotatable bonds is 5. The van der Waals surface area contributed by atoms with Crippen LogP contribution < -0.4 is 5.32 Å². The minimum absolute atomic E-state index is 0.0318. The Labute approximate surface area is 185 Å². The number of thiocarbonyl (C=S) groups is 1. The molecule has 2 fully saturated rings. The van der Waals surface area contributed by atoms with Crippen molar-refractivity contribution in [2.45, 2.75) is 25.5 Å². The predicted octanol–water partition coefficient (Wildman–Crippen LogP) is 1.54. The van der Waals surface area contributed by atoms with Gasteiger partial charge in [0.15, 0.2) is 5.11 Å². The van der Waals surface area contributed by atoms with Gasteiger partial charge in [-0.1, -0.05) is 18.2 Å². The van der Waals surface area contributed by atoms with Crippen molar-refractivity contribution >= 4 is 52.0 Å². The summed E-state index contributed by atoms with van der Waals surface area (Å²) in [6.07, 6.45) is 5.42. The summed E-state index contributed by atoms with van der Waals surface area (Å²) in [5.74, 6) is -1.01. The topological polar surface area (TPSA) is 83.9 Å². The van der Waals surface area contributed by atoms with Crippen molar-refractivity contribution in [3.8, 4) is 0 Å². The first-order valence-electron chi connectivity index (χ1n) is 10.1. The number of benzene rings is 1.